The molecule has 0 unspecified atom stereocenters. The van der Waals surface area contributed by atoms with Gasteiger partial charge in [-0.05, 0) is 11.8 Å². The third-order valence-electron chi connectivity index (χ3n) is 3.99. The van der Waals surface area contributed by atoms with Crippen molar-refractivity contribution in [2.75, 3.05) is 0 Å². The lowest BCUT2D eigenvalue weighted by Crippen LogP contribution is -2.12. The summed E-state index contributed by atoms with van der Waals surface area (Å²) in [6.45, 7) is 0. The Bertz CT molecular complexity index is 331. The molecule has 3 fully saturated rings. The monoisotopic (exact) mass is 250 g/mol. The molecule has 0 N–H and O–H groups in total. The van der Waals surface area contributed by atoms with E-state index in [9.17, 15) is 19.2 Å². The molecule has 0 bridgehead atoms. The summed E-state index contributed by atoms with van der Waals surface area (Å²) >= 11 is 0. The maximum absolute atomic E-state index is 10.9. The maximum atomic E-state index is 10.9. The van der Waals surface area contributed by atoms with Crippen molar-refractivity contribution >= 4 is 23.1 Å². The first kappa shape index (κ1) is 13.1. The van der Waals surface area contributed by atoms with Crippen molar-refractivity contribution in [2.45, 2.75) is 51.4 Å². The molecule has 0 amide bonds. The Hall–Kier alpha value is -1.32. The predicted molar refractivity (Wildman–Crippen MR) is 63.9 cm³/mol. The van der Waals surface area contributed by atoms with Crippen molar-refractivity contribution in [1.29, 1.82) is 0 Å². The summed E-state index contributed by atoms with van der Waals surface area (Å²) in [5.74, 6) is 2.07. The first-order chi connectivity index (χ1) is 8.54. The summed E-state index contributed by atoms with van der Waals surface area (Å²) in [4.78, 5) is 42.6. The van der Waals surface area contributed by atoms with E-state index in [1.807, 2.05) is 0 Å². The van der Waals surface area contributed by atoms with Crippen LogP contribution in [-0.2, 0) is 19.2 Å². The number of ketones is 4. The number of hydrogen-bond donors (Lipinski definition) is 0. The van der Waals surface area contributed by atoms with Crippen LogP contribution in [-0.4, -0.2) is 23.1 Å². The molecule has 0 spiro atoms. The minimum atomic E-state index is 0.240. The van der Waals surface area contributed by atoms with Gasteiger partial charge in [0.1, 0.15) is 23.1 Å². The Morgan fingerprint density at radius 1 is 0.500 bits per heavy atom. The average molecular weight is 250 g/mol. The lowest BCUT2D eigenvalue weighted by Gasteiger charge is -2.04. The standard InChI is InChI=1S/C8H10O2.C6H8O2/c9-7-1-5-2-8(10)4-6(5)3-7;7-5-1-2-6(8)4-3-5/h5-6H,1-4H2;1-4H2. The SMILES string of the molecule is O=C1CC2CC(=O)CC2C1.O=C1CCC(=O)CC1. The van der Waals surface area contributed by atoms with Crippen LogP contribution in [0, 0.1) is 11.8 Å². The number of rotatable bonds is 0. The van der Waals surface area contributed by atoms with Crippen LogP contribution >= 0.6 is 0 Å². The summed E-state index contributed by atoms with van der Waals surface area (Å²) in [6, 6.07) is 0. The van der Waals surface area contributed by atoms with E-state index in [-0.39, 0.29) is 11.6 Å². The molecule has 3 aliphatic rings. The van der Waals surface area contributed by atoms with Crippen LogP contribution in [0.25, 0.3) is 0 Å². The summed E-state index contributed by atoms with van der Waals surface area (Å²) in [5.41, 5.74) is 0. The first-order valence-corrected chi connectivity index (χ1v) is 6.61. The normalized spacial score (nSPS) is 31.1. The molecule has 3 rings (SSSR count). The van der Waals surface area contributed by atoms with Gasteiger partial charge in [-0.25, -0.2) is 0 Å². The number of Topliss-reactive ketones (excluding diaryl/α,β-unsaturated/α-hetero) is 4. The van der Waals surface area contributed by atoms with Gasteiger partial charge in [0.05, 0.1) is 0 Å². The molecule has 3 aliphatic carbocycles. The van der Waals surface area contributed by atoms with E-state index in [0.29, 0.717) is 74.8 Å². The second-order valence-electron chi connectivity index (χ2n) is 5.49. The third-order valence-corrected chi connectivity index (χ3v) is 3.99. The van der Waals surface area contributed by atoms with Gasteiger partial charge in [0.2, 0.25) is 0 Å². The molecule has 4 nitrogen and oxygen atoms in total. The van der Waals surface area contributed by atoms with E-state index in [1.165, 1.54) is 0 Å². The van der Waals surface area contributed by atoms with Crippen molar-refractivity contribution in [3.8, 4) is 0 Å². The van der Waals surface area contributed by atoms with Crippen LogP contribution in [0.5, 0.6) is 0 Å². The van der Waals surface area contributed by atoms with Gasteiger partial charge in [0.25, 0.3) is 0 Å². The van der Waals surface area contributed by atoms with Crippen LogP contribution < -0.4 is 0 Å². The highest BCUT2D eigenvalue weighted by Gasteiger charge is 2.40. The minimum absolute atomic E-state index is 0.240. The summed E-state index contributed by atoms with van der Waals surface area (Å²) < 4.78 is 0. The molecule has 3 saturated carbocycles. The Labute approximate surface area is 106 Å². The van der Waals surface area contributed by atoms with Crippen molar-refractivity contribution in [3.63, 3.8) is 0 Å². The van der Waals surface area contributed by atoms with E-state index >= 15 is 0 Å². The van der Waals surface area contributed by atoms with Crippen LogP contribution in [0.15, 0.2) is 0 Å². The van der Waals surface area contributed by atoms with Gasteiger partial charge in [0, 0.05) is 51.4 Å². The maximum Gasteiger partial charge on any atom is 0.133 e. The molecule has 0 heterocycles. The van der Waals surface area contributed by atoms with Gasteiger partial charge in [-0.15, -0.1) is 0 Å². The smallest absolute Gasteiger partial charge is 0.133 e. The quantitative estimate of drug-likeness (QED) is 0.655. The fraction of sp³-hybridized carbons (Fsp3) is 0.714. The number of hydrogen-bond acceptors (Lipinski definition) is 4. The van der Waals surface area contributed by atoms with Gasteiger partial charge in [0.15, 0.2) is 0 Å². The third kappa shape index (κ3) is 3.34. The fourth-order valence-corrected chi connectivity index (χ4v) is 2.96. The lowest BCUT2D eigenvalue weighted by molar-refractivity contribution is -0.128. The zero-order chi connectivity index (χ0) is 13.1. The van der Waals surface area contributed by atoms with Crippen molar-refractivity contribution in [2.24, 2.45) is 11.8 Å². The van der Waals surface area contributed by atoms with E-state index in [4.69, 9.17) is 0 Å². The second kappa shape index (κ2) is 5.55. The first-order valence-electron chi connectivity index (χ1n) is 6.61. The molecule has 0 aromatic heterocycles. The molecule has 0 aliphatic heterocycles. The van der Waals surface area contributed by atoms with Gasteiger partial charge >= 0.3 is 0 Å². The number of fused-ring (bicyclic) bond motifs is 1. The molecule has 98 valence electrons. The van der Waals surface area contributed by atoms with Crippen molar-refractivity contribution in [3.05, 3.63) is 0 Å². The highest BCUT2D eigenvalue weighted by atomic mass is 16.1. The van der Waals surface area contributed by atoms with Crippen molar-refractivity contribution < 1.29 is 19.2 Å². The summed E-state index contributed by atoms with van der Waals surface area (Å²) in [5, 5.41) is 0. The summed E-state index contributed by atoms with van der Waals surface area (Å²) in [7, 11) is 0. The molecule has 0 radical (unpaired) electrons. The second-order valence-corrected chi connectivity index (χ2v) is 5.49. The summed E-state index contributed by atoms with van der Waals surface area (Å²) in [6.07, 6.45) is 4.65. The van der Waals surface area contributed by atoms with Gasteiger partial charge < -0.3 is 0 Å². The zero-order valence-corrected chi connectivity index (χ0v) is 10.4. The average Bonchev–Trinajstić information content (AvgIpc) is 2.79. The van der Waals surface area contributed by atoms with Crippen LogP contribution in [0.3, 0.4) is 0 Å². The Balaban J connectivity index is 0.000000138. The molecule has 18 heavy (non-hydrogen) atoms. The molecular formula is C14H18O4. The fourth-order valence-electron chi connectivity index (χ4n) is 2.96. The van der Waals surface area contributed by atoms with Crippen LogP contribution in [0.4, 0.5) is 0 Å². The molecule has 4 heteroatoms. The Morgan fingerprint density at radius 3 is 1.06 bits per heavy atom. The van der Waals surface area contributed by atoms with Crippen molar-refractivity contribution in [1.82, 2.24) is 0 Å². The largest absolute Gasteiger partial charge is 0.300 e. The topological polar surface area (TPSA) is 68.3 Å². The van der Waals surface area contributed by atoms with E-state index in [1.54, 1.807) is 0 Å². The molecule has 0 aromatic carbocycles. The minimum Gasteiger partial charge on any atom is -0.300 e. The van der Waals surface area contributed by atoms with E-state index in [2.05, 4.69) is 0 Å². The lowest BCUT2D eigenvalue weighted by atomic mass is 9.98. The van der Waals surface area contributed by atoms with Gasteiger partial charge in [-0.2, -0.15) is 0 Å². The molecule has 0 aromatic rings. The number of carbonyl (C=O) groups excluding carboxylic acids is 4. The van der Waals surface area contributed by atoms with E-state index in [0.717, 1.165) is 0 Å². The molecule has 0 saturated heterocycles. The van der Waals surface area contributed by atoms with E-state index < -0.39 is 0 Å². The highest BCUT2D eigenvalue weighted by Crippen LogP contribution is 2.40. The Kier molecular flexibility index (Phi) is 4.04. The van der Waals surface area contributed by atoms with Crippen LogP contribution in [0.1, 0.15) is 51.4 Å². The molecular weight excluding hydrogens is 232 g/mol. The zero-order valence-electron chi connectivity index (χ0n) is 10.4. The predicted octanol–water partition coefficient (Wildman–Crippen LogP) is 1.64. The van der Waals surface area contributed by atoms with Gasteiger partial charge in [-0.1, -0.05) is 0 Å². The Morgan fingerprint density at radius 2 is 0.778 bits per heavy atom. The highest BCUT2D eigenvalue weighted by molar-refractivity contribution is 5.92. The number of carbonyl (C=O) groups is 4. The van der Waals surface area contributed by atoms with Crippen LogP contribution in [0.2, 0.25) is 0 Å². The molecule has 0 atom stereocenters. The van der Waals surface area contributed by atoms with Gasteiger partial charge in [-0.3, -0.25) is 19.2 Å².